The minimum absolute atomic E-state index is 0.00342. The monoisotopic (exact) mass is 255 g/mol. The molecule has 1 aromatic rings. The summed E-state index contributed by atoms with van der Waals surface area (Å²) in [5, 5.41) is 10.4. The predicted octanol–water partition coefficient (Wildman–Crippen LogP) is 3.58. The van der Waals surface area contributed by atoms with Crippen molar-refractivity contribution in [2.24, 2.45) is 0 Å². The van der Waals surface area contributed by atoms with Gasteiger partial charge in [0.15, 0.2) is 5.78 Å². The Kier molecular flexibility index (Phi) is 5.63. The second kappa shape index (κ2) is 7.01. The lowest BCUT2D eigenvalue weighted by Crippen LogP contribution is -1.99. The molecule has 0 fully saturated rings. The van der Waals surface area contributed by atoms with Crippen molar-refractivity contribution in [1.29, 1.82) is 0 Å². The number of hydrogen-bond donors (Lipinski definition) is 0. The van der Waals surface area contributed by atoms with Crippen molar-refractivity contribution in [2.75, 3.05) is 5.88 Å². The van der Waals surface area contributed by atoms with E-state index >= 15 is 0 Å². The Morgan fingerprint density at radius 3 is 2.35 bits per heavy atom. The fraction of sp³-hybridized carbons (Fsp3) is 0.417. The van der Waals surface area contributed by atoms with Crippen molar-refractivity contribution in [3.8, 4) is 0 Å². The number of nitrogens with zero attached hydrogens (tertiary/aromatic N) is 1. The molecule has 0 bridgehead atoms. The molecule has 1 aromatic carbocycles. The van der Waals surface area contributed by atoms with E-state index in [4.69, 9.17) is 11.6 Å². The highest BCUT2D eigenvalue weighted by Crippen LogP contribution is 2.14. The zero-order chi connectivity index (χ0) is 12.7. The molecule has 0 saturated heterocycles. The van der Waals surface area contributed by atoms with Gasteiger partial charge < -0.3 is 0 Å². The van der Waals surface area contributed by atoms with Crippen LogP contribution in [0.3, 0.4) is 0 Å². The van der Waals surface area contributed by atoms with Gasteiger partial charge in [-0.25, -0.2) is 0 Å². The fourth-order valence-corrected chi connectivity index (χ4v) is 1.66. The molecule has 0 aromatic heterocycles. The van der Waals surface area contributed by atoms with Gasteiger partial charge in [-0.15, -0.1) is 11.6 Å². The van der Waals surface area contributed by atoms with Gasteiger partial charge in [0, 0.05) is 30.0 Å². The molecular weight excluding hydrogens is 242 g/mol. The van der Waals surface area contributed by atoms with E-state index in [0.717, 1.165) is 19.3 Å². The number of alkyl halides is 1. The van der Waals surface area contributed by atoms with Crippen molar-refractivity contribution in [1.82, 2.24) is 0 Å². The number of carbonyl (C=O) groups is 1. The molecular formula is C12H14ClNO3. The van der Waals surface area contributed by atoms with Gasteiger partial charge >= 0.3 is 0 Å². The van der Waals surface area contributed by atoms with Gasteiger partial charge in [0.2, 0.25) is 0 Å². The van der Waals surface area contributed by atoms with Gasteiger partial charge in [-0.2, -0.15) is 0 Å². The lowest BCUT2D eigenvalue weighted by Gasteiger charge is -2.00. The number of unbranched alkanes of at least 4 members (excludes halogenated alkanes) is 2. The van der Waals surface area contributed by atoms with Crippen LogP contribution >= 0.6 is 11.6 Å². The maximum atomic E-state index is 11.7. The third kappa shape index (κ3) is 4.53. The molecule has 0 unspecified atom stereocenters. The summed E-state index contributed by atoms with van der Waals surface area (Å²) >= 11 is 5.53. The molecule has 0 amide bonds. The number of nitro groups is 1. The van der Waals surface area contributed by atoms with Gasteiger partial charge in [-0.05, 0) is 25.0 Å². The second-order valence-electron chi connectivity index (χ2n) is 3.73. The average molecular weight is 256 g/mol. The van der Waals surface area contributed by atoms with E-state index in [1.807, 2.05) is 0 Å². The molecule has 92 valence electrons. The first kappa shape index (κ1) is 13.6. The molecule has 0 saturated carbocycles. The van der Waals surface area contributed by atoms with Crippen LogP contribution in [0.4, 0.5) is 5.69 Å². The van der Waals surface area contributed by atoms with E-state index in [-0.39, 0.29) is 11.5 Å². The normalized spacial score (nSPS) is 10.2. The van der Waals surface area contributed by atoms with Gasteiger partial charge in [0.1, 0.15) is 0 Å². The molecule has 0 spiro atoms. The number of carbonyl (C=O) groups excluding carboxylic acids is 1. The largest absolute Gasteiger partial charge is 0.294 e. The highest BCUT2D eigenvalue weighted by Gasteiger charge is 2.08. The fourth-order valence-electron chi connectivity index (χ4n) is 1.47. The first-order chi connectivity index (χ1) is 8.15. The number of hydrogen-bond acceptors (Lipinski definition) is 3. The highest BCUT2D eigenvalue weighted by molar-refractivity contribution is 6.17. The molecule has 0 radical (unpaired) electrons. The lowest BCUT2D eigenvalue weighted by atomic mass is 10.0. The minimum Gasteiger partial charge on any atom is -0.294 e. The Labute approximate surface area is 105 Å². The van der Waals surface area contributed by atoms with Crippen LogP contribution in [-0.2, 0) is 0 Å². The van der Waals surface area contributed by atoms with Gasteiger partial charge in [0.05, 0.1) is 4.92 Å². The molecule has 1 rings (SSSR count). The zero-order valence-electron chi connectivity index (χ0n) is 9.39. The summed E-state index contributed by atoms with van der Waals surface area (Å²) in [4.78, 5) is 21.6. The zero-order valence-corrected chi connectivity index (χ0v) is 10.2. The number of rotatable bonds is 7. The van der Waals surface area contributed by atoms with E-state index in [0.29, 0.717) is 17.9 Å². The van der Waals surface area contributed by atoms with Crippen LogP contribution in [0.15, 0.2) is 24.3 Å². The van der Waals surface area contributed by atoms with E-state index in [1.54, 1.807) is 0 Å². The number of nitro benzene ring substituents is 1. The van der Waals surface area contributed by atoms with Gasteiger partial charge in [-0.3, -0.25) is 14.9 Å². The molecule has 0 N–H and O–H groups in total. The standard InChI is InChI=1S/C12H14ClNO3/c13-9-3-1-2-4-12(15)10-5-7-11(8-6-10)14(16)17/h5-8H,1-4,9H2. The van der Waals surface area contributed by atoms with E-state index < -0.39 is 4.92 Å². The molecule has 17 heavy (non-hydrogen) atoms. The molecule has 0 atom stereocenters. The van der Waals surface area contributed by atoms with Crippen LogP contribution in [0.5, 0.6) is 0 Å². The van der Waals surface area contributed by atoms with E-state index in [1.165, 1.54) is 24.3 Å². The molecule has 0 heterocycles. The Balaban J connectivity index is 2.49. The van der Waals surface area contributed by atoms with Crippen molar-refractivity contribution >= 4 is 23.1 Å². The smallest absolute Gasteiger partial charge is 0.269 e. The minimum atomic E-state index is -0.477. The maximum absolute atomic E-state index is 11.7. The summed E-state index contributed by atoms with van der Waals surface area (Å²) in [6.07, 6.45) is 3.12. The molecule has 0 aliphatic heterocycles. The summed E-state index contributed by atoms with van der Waals surface area (Å²) in [5.74, 6) is 0.639. The average Bonchev–Trinajstić information content (AvgIpc) is 2.34. The van der Waals surface area contributed by atoms with E-state index in [9.17, 15) is 14.9 Å². The van der Waals surface area contributed by atoms with Crippen molar-refractivity contribution in [2.45, 2.75) is 25.7 Å². The molecule has 4 nitrogen and oxygen atoms in total. The Morgan fingerprint density at radius 2 is 1.82 bits per heavy atom. The van der Waals surface area contributed by atoms with Crippen LogP contribution in [0.1, 0.15) is 36.0 Å². The first-order valence-electron chi connectivity index (χ1n) is 5.49. The van der Waals surface area contributed by atoms with Crippen LogP contribution in [0.25, 0.3) is 0 Å². The van der Waals surface area contributed by atoms with Crippen molar-refractivity contribution in [3.63, 3.8) is 0 Å². The van der Waals surface area contributed by atoms with E-state index in [2.05, 4.69) is 0 Å². The first-order valence-corrected chi connectivity index (χ1v) is 6.02. The Bertz CT molecular complexity index is 389. The summed E-state index contributed by atoms with van der Waals surface area (Å²) in [6.45, 7) is 0. The van der Waals surface area contributed by atoms with Crippen molar-refractivity contribution < 1.29 is 9.72 Å². The third-order valence-corrected chi connectivity index (χ3v) is 2.70. The number of non-ortho nitro benzene ring substituents is 1. The van der Waals surface area contributed by atoms with Crippen LogP contribution < -0.4 is 0 Å². The van der Waals surface area contributed by atoms with Crippen molar-refractivity contribution in [3.05, 3.63) is 39.9 Å². The number of halogens is 1. The summed E-state index contributed by atoms with van der Waals surface area (Å²) in [5.41, 5.74) is 0.533. The quantitative estimate of drug-likeness (QED) is 0.246. The highest BCUT2D eigenvalue weighted by atomic mass is 35.5. The topological polar surface area (TPSA) is 60.2 Å². The van der Waals surface area contributed by atoms with Crippen LogP contribution in [-0.4, -0.2) is 16.6 Å². The molecule has 5 heteroatoms. The lowest BCUT2D eigenvalue weighted by molar-refractivity contribution is -0.384. The molecule has 0 aliphatic carbocycles. The summed E-state index contributed by atoms with van der Waals surface area (Å²) < 4.78 is 0. The Hall–Kier alpha value is -1.42. The van der Waals surface area contributed by atoms with Crippen LogP contribution in [0, 0.1) is 10.1 Å². The number of benzene rings is 1. The summed E-state index contributed by atoms with van der Waals surface area (Å²) in [6, 6.07) is 5.71. The SMILES string of the molecule is O=C(CCCCCCl)c1ccc([N+](=O)[O-])cc1. The van der Waals surface area contributed by atoms with Gasteiger partial charge in [0.25, 0.3) is 5.69 Å². The second-order valence-corrected chi connectivity index (χ2v) is 4.10. The number of ketones is 1. The third-order valence-electron chi connectivity index (χ3n) is 2.44. The van der Waals surface area contributed by atoms with Gasteiger partial charge in [-0.1, -0.05) is 6.42 Å². The predicted molar refractivity (Wildman–Crippen MR) is 66.6 cm³/mol. The molecule has 0 aliphatic rings. The van der Waals surface area contributed by atoms with Crippen LogP contribution in [0.2, 0.25) is 0 Å². The number of Topliss-reactive ketones (excluding diaryl/α,β-unsaturated/α-hetero) is 1. The Morgan fingerprint density at radius 1 is 1.18 bits per heavy atom. The maximum Gasteiger partial charge on any atom is 0.269 e. The summed E-state index contributed by atoms with van der Waals surface area (Å²) in [7, 11) is 0.